The molecule has 0 saturated carbocycles. The van der Waals surface area contributed by atoms with Crippen molar-refractivity contribution in [1.82, 2.24) is 9.97 Å². The second kappa shape index (κ2) is 8.73. The number of carbonyl (C=O) groups excluding carboxylic acids is 1. The van der Waals surface area contributed by atoms with E-state index in [1.54, 1.807) is 25.1 Å². The van der Waals surface area contributed by atoms with E-state index in [0.29, 0.717) is 59.2 Å². The number of aromatic amines is 1. The first-order valence-corrected chi connectivity index (χ1v) is 9.36. The topological polar surface area (TPSA) is 87.3 Å². The van der Waals surface area contributed by atoms with Crippen molar-refractivity contribution in [3.05, 3.63) is 49.9 Å². The Kier molecular flexibility index (Phi) is 6.36. The molecule has 1 saturated heterocycles. The van der Waals surface area contributed by atoms with Crippen LogP contribution in [0.5, 0.6) is 0 Å². The summed E-state index contributed by atoms with van der Waals surface area (Å²) in [5, 5.41) is 3.61. The Hall–Kier alpha value is -2.09. The minimum absolute atomic E-state index is 0.145. The molecule has 1 aromatic heterocycles. The van der Waals surface area contributed by atoms with Gasteiger partial charge in [-0.15, -0.1) is 0 Å². The van der Waals surface area contributed by atoms with E-state index in [4.69, 9.17) is 27.9 Å². The molecule has 27 heavy (non-hydrogen) atoms. The van der Waals surface area contributed by atoms with Crippen LogP contribution in [0.25, 0.3) is 0 Å². The molecule has 2 N–H and O–H groups in total. The average Bonchev–Trinajstić information content (AvgIpc) is 2.60. The molecule has 9 heteroatoms. The van der Waals surface area contributed by atoms with E-state index < -0.39 is 0 Å². The van der Waals surface area contributed by atoms with Crippen LogP contribution >= 0.6 is 23.2 Å². The molecule has 1 fully saturated rings. The number of hydrogen-bond acceptors (Lipinski definition) is 5. The van der Waals surface area contributed by atoms with E-state index in [9.17, 15) is 9.59 Å². The fourth-order valence-electron chi connectivity index (χ4n) is 2.90. The zero-order valence-electron chi connectivity index (χ0n) is 14.8. The average molecular weight is 411 g/mol. The summed E-state index contributed by atoms with van der Waals surface area (Å²) in [6.45, 7) is 4.37. The third-order valence-electron chi connectivity index (χ3n) is 4.27. The first-order valence-electron chi connectivity index (χ1n) is 8.61. The molecule has 1 aliphatic rings. The number of halogens is 2. The predicted molar refractivity (Wildman–Crippen MR) is 106 cm³/mol. The molecule has 1 aliphatic heterocycles. The van der Waals surface area contributed by atoms with Gasteiger partial charge in [-0.2, -0.15) is 0 Å². The minimum atomic E-state index is -0.232. The molecule has 3 rings (SSSR count). The minimum Gasteiger partial charge on any atom is -0.378 e. The predicted octanol–water partition coefficient (Wildman–Crippen LogP) is 2.79. The van der Waals surface area contributed by atoms with Crippen LogP contribution in [0.2, 0.25) is 10.0 Å². The maximum Gasteiger partial charge on any atom is 0.255 e. The van der Waals surface area contributed by atoms with Gasteiger partial charge in [0.05, 0.1) is 13.2 Å². The molecule has 0 aliphatic carbocycles. The number of hydrogen-bond donors (Lipinski definition) is 2. The van der Waals surface area contributed by atoms with Gasteiger partial charge in [0.25, 0.3) is 5.56 Å². The number of rotatable bonds is 5. The SMILES string of the molecule is Cc1nc(N2CCOCC2)[nH]c(=O)c1CCC(=O)Nc1cc(Cl)cc(Cl)c1. The Morgan fingerprint density at radius 2 is 1.93 bits per heavy atom. The number of nitrogens with zero attached hydrogens (tertiary/aromatic N) is 2. The number of H-pyrrole nitrogens is 1. The maximum absolute atomic E-state index is 12.4. The number of anilines is 2. The van der Waals surface area contributed by atoms with Crippen LogP contribution in [0.4, 0.5) is 11.6 Å². The van der Waals surface area contributed by atoms with E-state index in [-0.39, 0.29) is 24.3 Å². The van der Waals surface area contributed by atoms with Crippen molar-refractivity contribution in [3.8, 4) is 0 Å². The molecule has 0 bridgehead atoms. The largest absolute Gasteiger partial charge is 0.378 e. The van der Waals surface area contributed by atoms with Crippen LogP contribution in [0.3, 0.4) is 0 Å². The molecular formula is C18H20Cl2N4O3. The van der Waals surface area contributed by atoms with Gasteiger partial charge in [-0.3, -0.25) is 14.6 Å². The molecule has 144 valence electrons. The lowest BCUT2D eigenvalue weighted by Gasteiger charge is -2.27. The Balaban J connectivity index is 1.65. The molecule has 1 aromatic carbocycles. The molecule has 1 amide bonds. The lowest BCUT2D eigenvalue weighted by atomic mass is 10.1. The number of amides is 1. The summed E-state index contributed by atoms with van der Waals surface area (Å²) < 4.78 is 5.31. The van der Waals surface area contributed by atoms with E-state index in [0.717, 1.165) is 0 Å². The number of nitrogens with one attached hydrogen (secondary N) is 2. The summed E-state index contributed by atoms with van der Waals surface area (Å²) in [4.78, 5) is 33.9. The molecule has 0 radical (unpaired) electrons. The third-order valence-corrected chi connectivity index (χ3v) is 4.71. The van der Waals surface area contributed by atoms with Crippen LogP contribution in [0.15, 0.2) is 23.0 Å². The summed E-state index contributed by atoms with van der Waals surface area (Å²) in [6, 6.07) is 4.81. The Morgan fingerprint density at radius 3 is 2.56 bits per heavy atom. The van der Waals surface area contributed by atoms with Crippen molar-refractivity contribution in [2.45, 2.75) is 19.8 Å². The number of aryl methyl sites for hydroxylation is 1. The highest BCUT2D eigenvalue weighted by Crippen LogP contribution is 2.22. The number of carbonyl (C=O) groups is 1. The third kappa shape index (κ3) is 5.22. The number of ether oxygens (including phenoxy) is 1. The normalized spacial score (nSPS) is 14.3. The Morgan fingerprint density at radius 1 is 1.26 bits per heavy atom. The first kappa shape index (κ1) is 19.7. The van der Waals surface area contributed by atoms with Gasteiger partial charge in [-0.25, -0.2) is 4.98 Å². The molecular weight excluding hydrogens is 391 g/mol. The van der Waals surface area contributed by atoms with Gasteiger partial charge in [-0.05, 0) is 31.5 Å². The second-order valence-electron chi connectivity index (χ2n) is 6.26. The highest BCUT2D eigenvalue weighted by Gasteiger charge is 2.17. The highest BCUT2D eigenvalue weighted by atomic mass is 35.5. The lowest BCUT2D eigenvalue weighted by Crippen LogP contribution is -2.38. The van der Waals surface area contributed by atoms with Crippen molar-refractivity contribution >= 4 is 40.7 Å². The van der Waals surface area contributed by atoms with Crippen molar-refractivity contribution in [1.29, 1.82) is 0 Å². The second-order valence-corrected chi connectivity index (χ2v) is 7.13. The van der Waals surface area contributed by atoms with Crippen LogP contribution in [0.1, 0.15) is 17.7 Å². The molecule has 0 unspecified atom stereocenters. The van der Waals surface area contributed by atoms with Gasteiger partial charge in [0.1, 0.15) is 0 Å². The van der Waals surface area contributed by atoms with E-state index in [1.807, 2.05) is 4.90 Å². The summed E-state index contributed by atoms with van der Waals surface area (Å²) >= 11 is 11.9. The van der Waals surface area contributed by atoms with Gasteiger partial charge < -0.3 is 15.0 Å². The van der Waals surface area contributed by atoms with E-state index in [2.05, 4.69) is 15.3 Å². The van der Waals surface area contributed by atoms with Crippen LogP contribution in [-0.2, 0) is 16.0 Å². The Bertz CT molecular complexity index is 874. The first-order chi connectivity index (χ1) is 12.9. The smallest absolute Gasteiger partial charge is 0.255 e. The molecule has 0 spiro atoms. The number of benzene rings is 1. The van der Waals surface area contributed by atoms with Crippen molar-refractivity contribution in [2.75, 3.05) is 36.5 Å². The zero-order valence-corrected chi connectivity index (χ0v) is 16.4. The summed E-state index contributed by atoms with van der Waals surface area (Å²) in [6.07, 6.45) is 0.435. The maximum atomic E-state index is 12.4. The standard InChI is InChI=1S/C18H20Cl2N4O3/c1-11-15(17(26)23-18(21-11)24-4-6-27-7-5-24)2-3-16(25)22-14-9-12(19)8-13(20)10-14/h8-10H,2-7H2,1H3,(H,22,25)(H,21,23,26). The Labute approximate surface area is 166 Å². The van der Waals surface area contributed by atoms with Gasteiger partial charge in [0.2, 0.25) is 11.9 Å². The molecule has 0 atom stereocenters. The lowest BCUT2D eigenvalue weighted by molar-refractivity contribution is -0.116. The number of morpholine rings is 1. The van der Waals surface area contributed by atoms with E-state index >= 15 is 0 Å². The van der Waals surface area contributed by atoms with Gasteiger partial charge in [0.15, 0.2) is 0 Å². The van der Waals surface area contributed by atoms with Crippen molar-refractivity contribution in [2.24, 2.45) is 0 Å². The van der Waals surface area contributed by atoms with Gasteiger partial charge in [0, 0.05) is 46.5 Å². The monoisotopic (exact) mass is 410 g/mol. The zero-order chi connectivity index (χ0) is 19.4. The summed E-state index contributed by atoms with van der Waals surface area (Å²) in [5.74, 6) is 0.312. The molecule has 2 heterocycles. The fourth-order valence-corrected chi connectivity index (χ4v) is 3.43. The summed E-state index contributed by atoms with van der Waals surface area (Å²) in [5.41, 5.74) is 1.43. The van der Waals surface area contributed by atoms with Crippen LogP contribution in [0, 0.1) is 6.92 Å². The summed E-state index contributed by atoms with van der Waals surface area (Å²) in [7, 11) is 0. The van der Waals surface area contributed by atoms with Crippen molar-refractivity contribution < 1.29 is 9.53 Å². The van der Waals surface area contributed by atoms with Gasteiger partial charge >= 0.3 is 0 Å². The highest BCUT2D eigenvalue weighted by molar-refractivity contribution is 6.35. The van der Waals surface area contributed by atoms with Crippen LogP contribution < -0.4 is 15.8 Å². The van der Waals surface area contributed by atoms with Gasteiger partial charge in [-0.1, -0.05) is 23.2 Å². The van der Waals surface area contributed by atoms with Crippen molar-refractivity contribution in [3.63, 3.8) is 0 Å². The number of aromatic nitrogens is 2. The van der Waals surface area contributed by atoms with Crippen LogP contribution in [-0.4, -0.2) is 42.2 Å². The molecule has 2 aromatic rings. The molecule has 7 nitrogen and oxygen atoms in total. The fraction of sp³-hybridized carbons (Fsp3) is 0.389. The van der Waals surface area contributed by atoms with E-state index in [1.165, 1.54) is 0 Å². The quantitative estimate of drug-likeness (QED) is 0.790.